The quantitative estimate of drug-likeness (QED) is 0.187. The zero-order chi connectivity index (χ0) is 33.6. The van der Waals surface area contributed by atoms with Crippen LogP contribution in [0.4, 0.5) is 0 Å². The van der Waals surface area contributed by atoms with Crippen molar-refractivity contribution in [3.8, 4) is 57.1 Å². The van der Waals surface area contributed by atoms with E-state index in [1.807, 2.05) is 30.3 Å². The zero-order valence-electron chi connectivity index (χ0n) is 26.8. The van der Waals surface area contributed by atoms with E-state index in [-0.39, 0.29) is 17.4 Å². The normalized spacial score (nSPS) is 12.2. The Labute approximate surface area is 288 Å². The number of hydrogen-bond acceptors (Lipinski definition) is 5. The third-order valence-electron chi connectivity index (χ3n) is 9.28. The molecular formula is C45H30O5. The van der Waals surface area contributed by atoms with Crippen molar-refractivity contribution in [2.75, 3.05) is 0 Å². The minimum atomic E-state index is -0.126. The van der Waals surface area contributed by atoms with Crippen LogP contribution in [0.25, 0.3) is 32.7 Å². The minimum Gasteiger partial charge on any atom is -0.508 e. The molecule has 9 rings (SSSR count). The third-order valence-corrected chi connectivity index (χ3v) is 9.28. The maximum Gasteiger partial charge on any atom is 0.132 e. The van der Waals surface area contributed by atoms with Crippen molar-refractivity contribution in [1.29, 1.82) is 0 Å². The van der Waals surface area contributed by atoms with Crippen molar-refractivity contribution in [2.24, 2.45) is 0 Å². The summed E-state index contributed by atoms with van der Waals surface area (Å²) in [5, 5.41) is 23.6. The van der Waals surface area contributed by atoms with Crippen molar-refractivity contribution >= 4 is 21.5 Å². The first-order chi connectivity index (χ1) is 24.6. The van der Waals surface area contributed by atoms with Crippen LogP contribution in [0, 0.1) is 0 Å². The summed E-state index contributed by atoms with van der Waals surface area (Å²) in [6.07, 6.45) is 0. The Balaban J connectivity index is 1.18. The molecule has 2 N–H and O–H groups in total. The molecule has 8 aromatic carbocycles. The number of phenolic OH excluding ortho intramolecular Hbond substituents is 2. The number of fused-ring (bicyclic) bond motifs is 6. The monoisotopic (exact) mass is 650 g/mol. The molecule has 0 spiro atoms. The van der Waals surface area contributed by atoms with E-state index in [9.17, 15) is 10.2 Å². The van der Waals surface area contributed by atoms with E-state index >= 15 is 0 Å². The van der Waals surface area contributed by atoms with Gasteiger partial charge < -0.3 is 24.4 Å². The molecule has 8 aromatic rings. The summed E-state index contributed by atoms with van der Waals surface area (Å²) in [5.41, 5.74) is 5.67. The molecule has 0 radical (unpaired) electrons. The van der Waals surface area contributed by atoms with Crippen LogP contribution in [0.3, 0.4) is 0 Å². The van der Waals surface area contributed by atoms with Gasteiger partial charge in [-0.15, -0.1) is 0 Å². The summed E-state index contributed by atoms with van der Waals surface area (Å²) in [5.74, 6) is 4.60. The zero-order valence-corrected chi connectivity index (χ0v) is 26.8. The fourth-order valence-electron chi connectivity index (χ4n) is 6.92. The Morgan fingerprint density at radius 2 is 0.880 bits per heavy atom. The summed E-state index contributed by atoms with van der Waals surface area (Å²) >= 11 is 0. The summed E-state index contributed by atoms with van der Waals surface area (Å²) in [6, 6.07) is 53.2. The van der Waals surface area contributed by atoms with Gasteiger partial charge in [-0.25, -0.2) is 0 Å². The molecule has 5 heteroatoms. The molecule has 0 amide bonds. The van der Waals surface area contributed by atoms with Crippen LogP contribution in [0.2, 0.25) is 0 Å². The molecule has 1 heterocycles. The van der Waals surface area contributed by atoms with E-state index in [0.717, 1.165) is 55.3 Å². The van der Waals surface area contributed by atoms with Crippen LogP contribution < -0.4 is 14.2 Å². The molecule has 0 saturated carbocycles. The van der Waals surface area contributed by atoms with Gasteiger partial charge in [-0.1, -0.05) is 78.9 Å². The first-order valence-corrected chi connectivity index (χ1v) is 16.5. The lowest BCUT2D eigenvalue weighted by molar-refractivity contribution is 0.455. The van der Waals surface area contributed by atoms with Crippen molar-refractivity contribution in [3.63, 3.8) is 0 Å². The van der Waals surface area contributed by atoms with Crippen LogP contribution >= 0.6 is 0 Å². The number of hydrogen-bond donors (Lipinski definition) is 2. The number of rotatable bonds is 6. The largest absolute Gasteiger partial charge is 0.508 e. The van der Waals surface area contributed by atoms with Crippen LogP contribution in [-0.4, -0.2) is 10.2 Å². The number of aromatic hydroxyl groups is 2. The molecule has 240 valence electrons. The van der Waals surface area contributed by atoms with E-state index < -0.39 is 0 Å². The van der Waals surface area contributed by atoms with Gasteiger partial charge in [0.05, 0.1) is 0 Å². The van der Waals surface area contributed by atoms with E-state index in [2.05, 4.69) is 84.9 Å². The van der Waals surface area contributed by atoms with Crippen molar-refractivity contribution in [2.45, 2.75) is 5.92 Å². The lowest BCUT2D eigenvalue weighted by atomic mass is 9.78. The van der Waals surface area contributed by atoms with Gasteiger partial charge in [0.1, 0.15) is 46.0 Å². The Morgan fingerprint density at radius 1 is 0.420 bits per heavy atom. The van der Waals surface area contributed by atoms with Crippen molar-refractivity contribution < 1.29 is 24.4 Å². The Hall–Kier alpha value is -6.72. The Bertz CT molecular complexity index is 2370. The van der Waals surface area contributed by atoms with Crippen molar-refractivity contribution in [3.05, 3.63) is 180 Å². The molecule has 0 aliphatic carbocycles. The minimum absolute atomic E-state index is 0.126. The highest BCUT2D eigenvalue weighted by atomic mass is 16.5. The second-order valence-electron chi connectivity index (χ2n) is 12.4. The topological polar surface area (TPSA) is 68.2 Å². The van der Waals surface area contributed by atoms with E-state index in [1.165, 1.54) is 5.56 Å². The molecule has 0 atom stereocenters. The summed E-state index contributed by atoms with van der Waals surface area (Å²) in [6.45, 7) is 0. The van der Waals surface area contributed by atoms with Crippen LogP contribution in [-0.2, 0) is 0 Å². The molecule has 0 fully saturated rings. The third kappa shape index (κ3) is 5.41. The van der Waals surface area contributed by atoms with Crippen molar-refractivity contribution in [1.82, 2.24) is 0 Å². The molecule has 1 aliphatic heterocycles. The first kappa shape index (κ1) is 29.4. The number of ether oxygens (including phenoxy) is 3. The first-order valence-electron chi connectivity index (χ1n) is 16.5. The van der Waals surface area contributed by atoms with Gasteiger partial charge in [-0.3, -0.25) is 0 Å². The van der Waals surface area contributed by atoms with Crippen LogP contribution in [0.1, 0.15) is 22.6 Å². The molecule has 50 heavy (non-hydrogen) atoms. The van der Waals surface area contributed by atoms with E-state index in [1.54, 1.807) is 48.5 Å². The van der Waals surface area contributed by atoms with Gasteiger partial charge in [0, 0.05) is 17.0 Å². The molecule has 0 saturated heterocycles. The predicted molar refractivity (Wildman–Crippen MR) is 197 cm³/mol. The molecule has 1 aliphatic rings. The summed E-state index contributed by atoms with van der Waals surface area (Å²) < 4.78 is 19.0. The standard InChI is InChI=1S/C45H30O5/c46-33-12-16-35(17-13-33)48-37-20-22-39-31(26-37)10-24-41-44(39)43(30-8-6-29(7-9-30)28-4-2-1-3-5-28)45-40-23-21-38(27-32(40)11-25-42(45)50-41)49-36-18-14-34(47)15-19-36/h1-27,43,46-47H. The fraction of sp³-hybridized carbons (Fsp3) is 0.0222. The Morgan fingerprint density at radius 3 is 1.38 bits per heavy atom. The molecule has 0 bridgehead atoms. The summed E-state index contributed by atoms with van der Waals surface area (Å²) in [4.78, 5) is 0. The molecule has 0 aromatic heterocycles. The summed E-state index contributed by atoms with van der Waals surface area (Å²) in [7, 11) is 0. The predicted octanol–water partition coefficient (Wildman–Crippen LogP) is 11.9. The van der Waals surface area contributed by atoms with E-state index in [0.29, 0.717) is 23.0 Å². The maximum absolute atomic E-state index is 9.70. The van der Waals surface area contributed by atoms with Gasteiger partial charge in [0.2, 0.25) is 0 Å². The second-order valence-corrected chi connectivity index (χ2v) is 12.4. The highest BCUT2D eigenvalue weighted by Crippen LogP contribution is 2.53. The molecular weight excluding hydrogens is 620 g/mol. The SMILES string of the molecule is Oc1ccc(Oc2ccc3c4c(ccc3c2)Oc2ccc3cc(Oc5ccc(O)cc5)ccc3c2C4c2ccc(-c3ccccc3)cc2)cc1. The maximum atomic E-state index is 9.70. The Kier molecular flexibility index (Phi) is 7.10. The second kappa shape index (κ2) is 12.1. The average Bonchev–Trinajstić information content (AvgIpc) is 3.16. The van der Waals surface area contributed by atoms with E-state index in [4.69, 9.17) is 14.2 Å². The number of benzene rings is 8. The lowest BCUT2D eigenvalue weighted by Crippen LogP contribution is -2.13. The fourth-order valence-corrected chi connectivity index (χ4v) is 6.92. The van der Waals surface area contributed by atoms with Gasteiger partial charge in [0.25, 0.3) is 0 Å². The average molecular weight is 651 g/mol. The van der Waals surface area contributed by atoms with Gasteiger partial charge in [0.15, 0.2) is 0 Å². The molecule has 5 nitrogen and oxygen atoms in total. The van der Waals surface area contributed by atoms with Crippen LogP contribution in [0.5, 0.6) is 46.0 Å². The van der Waals surface area contributed by atoms with Gasteiger partial charge >= 0.3 is 0 Å². The molecule has 0 unspecified atom stereocenters. The smallest absolute Gasteiger partial charge is 0.132 e. The number of phenols is 2. The van der Waals surface area contributed by atoms with Gasteiger partial charge in [-0.05, 0) is 123 Å². The van der Waals surface area contributed by atoms with Gasteiger partial charge in [-0.2, -0.15) is 0 Å². The van der Waals surface area contributed by atoms with Crippen LogP contribution in [0.15, 0.2) is 164 Å². The lowest BCUT2D eigenvalue weighted by Gasteiger charge is -2.31. The highest BCUT2D eigenvalue weighted by molar-refractivity contribution is 5.96. The highest BCUT2D eigenvalue weighted by Gasteiger charge is 2.32.